The van der Waals surface area contributed by atoms with E-state index in [4.69, 9.17) is 5.11 Å². The molecule has 0 radical (unpaired) electrons. The molecular weight excluding hydrogens is 199 g/mol. The van der Waals surface area contributed by atoms with Gasteiger partial charge in [0.25, 0.3) is 0 Å². The highest BCUT2D eigenvalue weighted by Crippen LogP contribution is 2.12. The highest BCUT2D eigenvalue weighted by Gasteiger charge is 2.17. The van der Waals surface area contributed by atoms with E-state index < -0.39 is 17.7 Å². The van der Waals surface area contributed by atoms with Crippen molar-refractivity contribution in [3.8, 4) is 0 Å². The average molecular weight is 210 g/mol. The van der Waals surface area contributed by atoms with Crippen molar-refractivity contribution in [3.63, 3.8) is 0 Å². The fourth-order valence-electron chi connectivity index (χ4n) is 1.25. The number of Topliss-reactive ketones (excluding diaryl/α,β-unsaturated/α-hetero) is 1. The van der Waals surface area contributed by atoms with Crippen molar-refractivity contribution < 1.29 is 19.1 Å². The van der Waals surface area contributed by atoms with E-state index in [9.17, 15) is 14.0 Å². The molecule has 0 spiro atoms. The van der Waals surface area contributed by atoms with Crippen LogP contribution >= 0.6 is 0 Å². The minimum atomic E-state index is -1.02. The van der Waals surface area contributed by atoms with Crippen LogP contribution in [0.15, 0.2) is 24.3 Å². The number of benzene rings is 1. The number of halogens is 1. The summed E-state index contributed by atoms with van der Waals surface area (Å²) in [4.78, 5) is 22.0. The molecule has 0 aliphatic rings. The van der Waals surface area contributed by atoms with Gasteiger partial charge in [-0.2, -0.15) is 0 Å². The molecule has 1 N–H and O–H groups in total. The molecule has 1 atom stereocenters. The Morgan fingerprint density at radius 3 is 2.33 bits per heavy atom. The molecule has 0 aliphatic carbocycles. The number of aliphatic carboxylic acids is 1. The number of rotatable bonds is 4. The van der Waals surface area contributed by atoms with E-state index in [1.807, 2.05) is 0 Å². The molecule has 0 amide bonds. The van der Waals surface area contributed by atoms with Gasteiger partial charge in [0.2, 0.25) is 0 Å². The normalized spacial score (nSPS) is 12.1. The summed E-state index contributed by atoms with van der Waals surface area (Å²) in [6, 6.07) is 5.08. The van der Waals surface area contributed by atoms with E-state index >= 15 is 0 Å². The van der Waals surface area contributed by atoms with E-state index in [0.29, 0.717) is 5.56 Å². The summed E-state index contributed by atoms with van der Waals surface area (Å²) in [5, 5.41) is 8.51. The lowest BCUT2D eigenvalue weighted by Gasteiger charge is -2.07. The van der Waals surface area contributed by atoms with Crippen molar-refractivity contribution in [1.29, 1.82) is 0 Å². The topological polar surface area (TPSA) is 54.4 Å². The molecule has 0 bridgehead atoms. The van der Waals surface area contributed by atoms with Crippen molar-refractivity contribution >= 4 is 11.8 Å². The van der Waals surface area contributed by atoms with E-state index in [2.05, 4.69) is 0 Å². The number of carbonyl (C=O) groups excluding carboxylic acids is 1. The highest BCUT2D eigenvalue weighted by molar-refractivity contribution is 5.99. The summed E-state index contributed by atoms with van der Waals surface area (Å²) in [5.41, 5.74) is 0.338. The van der Waals surface area contributed by atoms with Crippen LogP contribution in [0.1, 0.15) is 23.7 Å². The third-order valence-corrected chi connectivity index (χ3v) is 2.06. The molecule has 1 unspecified atom stereocenters. The fraction of sp³-hybridized carbons (Fsp3) is 0.273. The minimum absolute atomic E-state index is 0.212. The lowest BCUT2D eigenvalue weighted by Crippen LogP contribution is -2.15. The number of carboxylic acids is 1. The van der Waals surface area contributed by atoms with Crippen LogP contribution in [0.3, 0.4) is 0 Å². The van der Waals surface area contributed by atoms with Crippen molar-refractivity contribution in [2.75, 3.05) is 0 Å². The molecule has 0 fully saturated rings. The Morgan fingerprint density at radius 2 is 1.87 bits per heavy atom. The first-order valence-electron chi connectivity index (χ1n) is 4.52. The first-order valence-corrected chi connectivity index (χ1v) is 4.52. The van der Waals surface area contributed by atoms with E-state index in [1.165, 1.54) is 24.3 Å². The number of carbonyl (C=O) groups is 2. The zero-order valence-electron chi connectivity index (χ0n) is 8.24. The van der Waals surface area contributed by atoms with Gasteiger partial charge in [0.15, 0.2) is 5.78 Å². The first kappa shape index (κ1) is 11.4. The van der Waals surface area contributed by atoms with Crippen molar-refractivity contribution in [2.45, 2.75) is 13.3 Å². The standard InChI is InChI=1S/C11H11FO3/c1-7(6-10(13)14)11(15)8-2-4-9(12)5-3-8/h2-5,7H,6H2,1H3,(H,13,14). The maximum Gasteiger partial charge on any atom is 0.304 e. The molecule has 1 rings (SSSR count). The summed E-state index contributed by atoms with van der Waals surface area (Å²) >= 11 is 0. The Hall–Kier alpha value is -1.71. The second-order valence-corrected chi connectivity index (χ2v) is 3.37. The Kier molecular flexibility index (Phi) is 3.55. The lowest BCUT2D eigenvalue weighted by molar-refractivity contribution is -0.137. The molecule has 0 aromatic heterocycles. The van der Waals surface area contributed by atoms with E-state index in [0.717, 1.165) is 0 Å². The van der Waals surface area contributed by atoms with Crippen molar-refractivity contribution in [2.24, 2.45) is 5.92 Å². The summed E-state index contributed by atoms with van der Waals surface area (Å²) in [6.45, 7) is 1.54. The van der Waals surface area contributed by atoms with Crippen molar-refractivity contribution in [3.05, 3.63) is 35.6 Å². The van der Waals surface area contributed by atoms with Crippen LogP contribution < -0.4 is 0 Å². The van der Waals surface area contributed by atoms with Gasteiger partial charge in [-0.05, 0) is 24.3 Å². The van der Waals surface area contributed by atoms with E-state index in [-0.39, 0.29) is 12.2 Å². The van der Waals surface area contributed by atoms with Crippen LogP contribution in [0, 0.1) is 11.7 Å². The van der Waals surface area contributed by atoms with Crippen molar-refractivity contribution in [1.82, 2.24) is 0 Å². The number of hydrogen-bond acceptors (Lipinski definition) is 2. The second kappa shape index (κ2) is 4.68. The number of ketones is 1. The monoisotopic (exact) mass is 210 g/mol. The van der Waals surface area contributed by atoms with Crippen LogP contribution in [-0.4, -0.2) is 16.9 Å². The third-order valence-electron chi connectivity index (χ3n) is 2.06. The highest BCUT2D eigenvalue weighted by atomic mass is 19.1. The smallest absolute Gasteiger partial charge is 0.304 e. The maximum absolute atomic E-state index is 12.6. The van der Waals surface area contributed by atoms with Gasteiger partial charge in [0.05, 0.1) is 6.42 Å². The molecule has 1 aromatic rings. The maximum atomic E-state index is 12.6. The van der Waals surface area contributed by atoms with Crippen LogP contribution in [0.2, 0.25) is 0 Å². The number of hydrogen-bond donors (Lipinski definition) is 1. The zero-order valence-corrected chi connectivity index (χ0v) is 8.24. The predicted octanol–water partition coefficient (Wildman–Crippen LogP) is 2.12. The largest absolute Gasteiger partial charge is 0.481 e. The number of carboxylic acid groups (broad SMARTS) is 1. The van der Waals surface area contributed by atoms with Crippen LogP contribution in [-0.2, 0) is 4.79 Å². The fourth-order valence-corrected chi connectivity index (χ4v) is 1.25. The Balaban J connectivity index is 2.76. The van der Waals surface area contributed by atoms with Crippen LogP contribution in [0.5, 0.6) is 0 Å². The van der Waals surface area contributed by atoms with Crippen LogP contribution in [0.4, 0.5) is 4.39 Å². The molecular formula is C11H11FO3. The molecule has 15 heavy (non-hydrogen) atoms. The van der Waals surface area contributed by atoms with Gasteiger partial charge in [-0.1, -0.05) is 6.92 Å². The molecule has 0 saturated carbocycles. The molecule has 0 heterocycles. The Bertz CT molecular complexity index is 370. The molecule has 1 aromatic carbocycles. The quantitative estimate of drug-likeness (QED) is 0.774. The summed E-state index contributed by atoms with van der Waals surface area (Å²) in [6.07, 6.45) is -0.212. The van der Waals surface area contributed by atoms with Gasteiger partial charge in [-0.25, -0.2) is 4.39 Å². The predicted molar refractivity (Wildman–Crippen MR) is 52.1 cm³/mol. The first-order chi connectivity index (χ1) is 7.00. The molecule has 0 aliphatic heterocycles. The minimum Gasteiger partial charge on any atom is -0.481 e. The van der Waals surface area contributed by atoms with Gasteiger partial charge in [-0.15, -0.1) is 0 Å². The van der Waals surface area contributed by atoms with Crippen LogP contribution in [0.25, 0.3) is 0 Å². The second-order valence-electron chi connectivity index (χ2n) is 3.37. The summed E-state index contributed by atoms with van der Waals surface area (Å²) in [5.74, 6) is -2.30. The average Bonchev–Trinajstić information content (AvgIpc) is 2.17. The van der Waals surface area contributed by atoms with Gasteiger partial charge >= 0.3 is 5.97 Å². The zero-order chi connectivity index (χ0) is 11.4. The molecule has 3 nitrogen and oxygen atoms in total. The summed E-state index contributed by atoms with van der Waals surface area (Å²) < 4.78 is 12.6. The summed E-state index contributed by atoms with van der Waals surface area (Å²) in [7, 11) is 0. The molecule has 4 heteroatoms. The molecule has 80 valence electrons. The van der Waals surface area contributed by atoms with Gasteiger partial charge in [-0.3, -0.25) is 9.59 Å². The third kappa shape index (κ3) is 3.16. The van der Waals surface area contributed by atoms with Gasteiger partial charge in [0.1, 0.15) is 5.82 Å². The SMILES string of the molecule is CC(CC(=O)O)C(=O)c1ccc(F)cc1. The molecule has 0 saturated heterocycles. The lowest BCUT2D eigenvalue weighted by atomic mass is 9.96. The van der Waals surface area contributed by atoms with E-state index in [1.54, 1.807) is 6.92 Å². The Labute approximate surface area is 86.5 Å². The Morgan fingerprint density at radius 1 is 1.33 bits per heavy atom. The van der Waals surface area contributed by atoms with Gasteiger partial charge < -0.3 is 5.11 Å². The van der Waals surface area contributed by atoms with Gasteiger partial charge in [0, 0.05) is 11.5 Å².